The molecule has 176 valence electrons. The first-order valence-corrected chi connectivity index (χ1v) is 10.6. The molecule has 0 unspecified atom stereocenters. The van der Waals surface area contributed by atoms with E-state index in [1.165, 1.54) is 13.0 Å². The minimum absolute atomic E-state index is 0.0264. The number of aromatic nitrogens is 3. The van der Waals surface area contributed by atoms with Crippen molar-refractivity contribution in [2.24, 2.45) is 12.0 Å². The summed E-state index contributed by atoms with van der Waals surface area (Å²) in [7, 11) is 1.83. The Morgan fingerprint density at radius 3 is 2.48 bits per heavy atom. The number of benzene rings is 1. The van der Waals surface area contributed by atoms with Crippen LogP contribution in [0.25, 0.3) is 10.9 Å². The van der Waals surface area contributed by atoms with E-state index >= 15 is 0 Å². The van der Waals surface area contributed by atoms with Crippen LogP contribution in [0.2, 0.25) is 0 Å². The van der Waals surface area contributed by atoms with Gasteiger partial charge in [-0.25, -0.2) is 18.7 Å². The second-order valence-electron chi connectivity index (χ2n) is 8.35. The highest BCUT2D eigenvalue weighted by Gasteiger charge is 2.34. The zero-order valence-electron chi connectivity index (χ0n) is 18.5. The van der Waals surface area contributed by atoms with E-state index in [0.29, 0.717) is 28.1 Å². The Morgan fingerprint density at radius 2 is 1.82 bits per heavy atom. The van der Waals surface area contributed by atoms with Gasteiger partial charge in [-0.15, -0.1) is 0 Å². The van der Waals surface area contributed by atoms with E-state index < -0.39 is 17.7 Å². The highest BCUT2D eigenvalue weighted by molar-refractivity contribution is 5.80. The molecule has 0 bridgehead atoms. The van der Waals surface area contributed by atoms with Gasteiger partial charge in [-0.05, 0) is 37.1 Å². The molecule has 33 heavy (non-hydrogen) atoms. The molecule has 1 aliphatic heterocycles. The fraction of sp³-hybridized carbons (Fsp3) is 0.435. The monoisotopic (exact) mass is 465 g/mol. The number of aryl methyl sites for hydroxylation is 2. The van der Waals surface area contributed by atoms with E-state index in [1.807, 2.05) is 11.6 Å². The predicted octanol–water partition coefficient (Wildman–Crippen LogP) is 4.94. The van der Waals surface area contributed by atoms with Crippen LogP contribution in [0.4, 0.5) is 27.8 Å². The molecule has 0 spiro atoms. The van der Waals surface area contributed by atoms with Gasteiger partial charge < -0.3 is 9.47 Å². The highest BCUT2D eigenvalue weighted by atomic mass is 19.4. The molecule has 2 aromatic heterocycles. The van der Waals surface area contributed by atoms with Gasteiger partial charge in [-0.2, -0.15) is 13.2 Å². The number of anilines is 1. The number of nitrogens with zero attached hydrogens (tertiary/aromatic N) is 5. The summed E-state index contributed by atoms with van der Waals surface area (Å²) >= 11 is 0. The molecule has 1 saturated heterocycles. The van der Waals surface area contributed by atoms with Gasteiger partial charge in [-0.1, -0.05) is 12.1 Å². The Labute approximate surface area is 187 Å². The van der Waals surface area contributed by atoms with E-state index in [-0.39, 0.29) is 38.0 Å². The summed E-state index contributed by atoms with van der Waals surface area (Å²) in [6.07, 6.45) is -3.26. The average Bonchev–Trinajstić information content (AvgIpc) is 2.75. The Hall–Kier alpha value is -3.04. The van der Waals surface area contributed by atoms with Crippen molar-refractivity contribution in [2.45, 2.75) is 45.3 Å². The van der Waals surface area contributed by atoms with Crippen LogP contribution in [0.3, 0.4) is 0 Å². The normalized spacial score (nSPS) is 17.1. The molecule has 0 atom stereocenters. The molecule has 1 fully saturated rings. The Morgan fingerprint density at radius 1 is 1.12 bits per heavy atom. The number of rotatable bonds is 3. The molecule has 3 aromatic rings. The molecule has 1 aliphatic rings. The minimum atomic E-state index is -4.44. The van der Waals surface area contributed by atoms with Crippen molar-refractivity contribution < 1.29 is 22.0 Å². The molecule has 5 nitrogen and oxygen atoms in total. The summed E-state index contributed by atoms with van der Waals surface area (Å²) in [5.41, 5.74) is 1.03. The zero-order valence-corrected chi connectivity index (χ0v) is 18.5. The second kappa shape index (κ2) is 8.39. The Balaban J connectivity index is 1.76. The lowest BCUT2D eigenvalue weighted by Crippen LogP contribution is -2.39. The first kappa shape index (κ1) is 23.1. The van der Waals surface area contributed by atoms with Crippen LogP contribution in [-0.4, -0.2) is 33.5 Å². The molecule has 0 N–H and O–H groups in total. The van der Waals surface area contributed by atoms with Crippen molar-refractivity contribution in [2.75, 3.05) is 18.0 Å². The topological polar surface area (TPSA) is 46.3 Å². The minimum Gasteiger partial charge on any atom is -0.356 e. The molecular weight excluding hydrogens is 441 g/mol. The van der Waals surface area contributed by atoms with Crippen LogP contribution in [0.5, 0.6) is 0 Å². The van der Waals surface area contributed by atoms with E-state index in [0.717, 1.165) is 11.6 Å². The lowest BCUT2D eigenvalue weighted by Gasteiger charge is -2.32. The summed E-state index contributed by atoms with van der Waals surface area (Å²) in [6, 6.07) is 5.81. The van der Waals surface area contributed by atoms with Gasteiger partial charge in [0.1, 0.15) is 11.6 Å². The molecule has 0 aliphatic carbocycles. The smallest absolute Gasteiger partial charge is 0.356 e. The van der Waals surface area contributed by atoms with E-state index in [9.17, 15) is 22.0 Å². The standard InChI is InChI=1S/C23H24F5N5/c1-14-16(5-4-6-18(14)23(26,27)28)12-30-21-17-11-20(33-9-7-22(24,25)8-10-33)29-13-19(17)32(3)15(2)31-21/h4-6,11,13H,7-10,12H2,1-3H3/b30-21-. The number of hydrogen-bond acceptors (Lipinski definition) is 4. The molecule has 1 aromatic carbocycles. The van der Waals surface area contributed by atoms with Gasteiger partial charge in [-0.3, -0.25) is 4.99 Å². The maximum Gasteiger partial charge on any atom is 0.416 e. The summed E-state index contributed by atoms with van der Waals surface area (Å²) in [4.78, 5) is 15.3. The van der Waals surface area contributed by atoms with Crippen LogP contribution in [-0.2, 0) is 19.8 Å². The third-order valence-electron chi connectivity index (χ3n) is 6.19. The molecule has 10 heteroatoms. The molecule has 0 amide bonds. The summed E-state index contributed by atoms with van der Waals surface area (Å²) in [6.45, 7) is 3.64. The van der Waals surface area contributed by atoms with Crippen LogP contribution in [0.1, 0.15) is 35.4 Å². The Bertz CT molecular complexity index is 1250. The van der Waals surface area contributed by atoms with Crippen molar-refractivity contribution in [3.05, 3.63) is 58.5 Å². The van der Waals surface area contributed by atoms with Crippen molar-refractivity contribution >= 4 is 16.7 Å². The predicted molar refractivity (Wildman–Crippen MR) is 115 cm³/mol. The van der Waals surface area contributed by atoms with Gasteiger partial charge in [0, 0.05) is 38.4 Å². The highest BCUT2D eigenvalue weighted by Crippen LogP contribution is 2.33. The molecule has 0 saturated carbocycles. The first-order valence-electron chi connectivity index (χ1n) is 10.6. The van der Waals surface area contributed by atoms with Gasteiger partial charge in [0.15, 0.2) is 5.49 Å². The first-order chi connectivity index (χ1) is 15.5. The molecule has 4 rings (SSSR count). The number of pyridine rings is 1. The van der Waals surface area contributed by atoms with Crippen LogP contribution in [0.15, 0.2) is 35.5 Å². The number of alkyl halides is 5. The van der Waals surface area contributed by atoms with E-state index in [2.05, 4.69) is 15.0 Å². The summed E-state index contributed by atoms with van der Waals surface area (Å²) < 4.78 is 68.7. The third-order valence-corrected chi connectivity index (χ3v) is 6.19. The maximum atomic E-state index is 13.6. The SMILES string of the molecule is Cc1c(C/N=c2\nc(C)n(C)c3cnc(N4CCC(F)(F)CC4)cc23)cccc1C(F)(F)F. The average molecular weight is 465 g/mol. The van der Waals surface area contributed by atoms with Gasteiger partial charge >= 0.3 is 6.18 Å². The third kappa shape index (κ3) is 4.69. The van der Waals surface area contributed by atoms with Crippen molar-refractivity contribution in [3.63, 3.8) is 0 Å². The molecular formula is C23H24F5N5. The number of hydrogen-bond donors (Lipinski definition) is 0. The molecule has 0 radical (unpaired) electrons. The number of piperidine rings is 1. The fourth-order valence-corrected chi connectivity index (χ4v) is 4.02. The van der Waals surface area contributed by atoms with E-state index in [4.69, 9.17) is 0 Å². The van der Waals surface area contributed by atoms with E-state index in [1.54, 1.807) is 30.2 Å². The lowest BCUT2D eigenvalue weighted by molar-refractivity contribution is -0.138. The zero-order chi connectivity index (χ0) is 24.0. The lowest BCUT2D eigenvalue weighted by atomic mass is 10.0. The van der Waals surface area contributed by atoms with Crippen LogP contribution >= 0.6 is 0 Å². The largest absolute Gasteiger partial charge is 0.416 e. The van der Waals surface area contributed by atoms with Crippen molar-refractivity contribution in [1.29, 1.82) is 0 Å². The fourth-order valence-electron chi connectivity index (χ4n) is 4.02. The van der Waals surface area contributed by atoms with Crippen LogP contribution < -0.4 is 10.4 Å². The number of halogens is 5. The van der Waals surface area contributed by atoms with Gasteiger partial charge in [0.25, 0.3) is 5.92 Å². The summed E-state index contributed by atoms with van der Waals surface area (Å²) in [5, 5.41) is 0.662. The van der Waals surface area contributed by atoms with Crippen molar-refractivity contribution in [1.82, 2.24) is 14.5 Å². The number of fused-ring (bicyclic) bond motifs is 1. The quantitative estimate of drug-likeness (QED) is 0.515. The van der Waals surface area contributed by atoms with Crippen LogP contribution in [0, 0.1) is 13.8 Å². The van der Waals surface area contributed by atoms with Gasteiger partial charge in [0.2, 0.25) is 0 Å². The van der Waals surface area contributed by atoms with Crippen molar-refractivity contribution in [3.8, 4) is 0 Å². The maximum absolute atomic E-state index is 13.6. The Kier molecular flexibility index (Phi) is 5.88. The molecule has 3 heterocycles. The second-order valence-corrected chi connectivity index (χ2v) is 8.35. The van der Waals surface area contributed by atoms with Gasteiger partial charge in [0.05, 0.1) is 23.8 Å². The summed E-state index contributed by atoms with van der Waals surface area (Å²) in [5.74, 6) is -1.45.